The lowest BCUT2D eigenvalue weighted by molar-refractivity contribution is 0.0827. The largest absolute Gasteiger partial charge is 0.356 e. The number of carbonyl (C=O) groups is 1. The molecule has 5 nitrogen and oxygen atoms in total. The molecule has 1 amide bonds. The molecule has 0 radical (unpaired) electrons. The molecule has 174 valence electrons. The van der Waals surface area contributed by atoms with E-state index in [2.05, 4.69) is 64.2 Å². The van der Waals surface area contributed by atoms with Crippen molar-refractivity contribution < 1.29 is 4.79 Å². The van der Waals surface area contributed by atoms with Crippen LogP contribution in [0.4, 0.5) is 0 Å². The maximum atomic E-state index is 12.0. The van der Waals surface area contributed by atoms with Gasteiger partial charge < -0.3 is 15.5 Å². The second kappa shape index (κ2) is 13.6. The topological polar surface area (TPSA) is 56.7 Å². The van der Waals surface area contributed by atoms with Crippen molar-refractivity contribution in [1.82, 2.24) is 15.5 Å². The number of rotatable bonds is 8. The molecule has 3 rings (SSSR count). The van der Waals surface area contributed by atoms with Gasteiger partial charge in [0, 0.05) is 45.7 Å². The average Bonchev–Trinajstić information content (AvgIpc) is 2.84. The number of hydrogen-bond acceptors (Lipinski definition) is 2. The highest BCUT2D eigenvalue weighted by Gasteiger charge is 2.13. The van der Waals surface area contributed by atoms with Gasteiger partial charge in [-0.15, -0.1) is 24.0 Å². The van der Waals surface area contributed by atoms with Crippen LogP contribution >= 0.6 is 24.0 Å². The first-order chi connectivity index (χ1) is 15.6. The Morgan fingerprint density at radius 2 is 1.45 bits per heavy atom. The third-order valence-electron chi connectivity index (χ3n) is 5.40. The third kappa shape index (κ3) is 8.20. The van der Waals surface area contributed by atoms with Gasteiger partial charge in [0.15, 0.2) is 5.96 Å². The van der Waals surface area contributed by atoms with Crippen molar-refractivity contribution in [3.05, 3.63) is 107 Å². The van der Waals surface area contributed by atoms with Crippen molar-refractivity contribution in [3.8, 4) is 0 Å². The molecule has 1 unspecified atom stereocenters. The van der Waals surface area contributed by atoms with Gasteiger partial charge in [0.2, 0.25) is 0 Å². The first-order valence-corrected chi connectivity index (χ1v) is 10.9. The molecular formula is C27H33IN4O. The Balaban J connectivity index is 0.00000385. The van der Waals surface area contributed by atoms with Crippen LogP contribution < -0.4 is 10.6 Å². The third-order valence-corrected chi connectivity index (χ3v) is 5.40. The van der Waals surface area contributed by atoms with Crippen LogP contribution in [0, 0.1) is 0 Å². The number of aliphatic imine (C=N–C) groups is 1. The summed E-state index contributed by atoms with van der Waals surface area (Å²) in [5.74, 6) is 1.09. The van der Waals surface area contributed by atoms with E-state index < -0.39 is 0 Å². The molecule has 1 atom stereocenters. The molecule has 0 saturated carbocycles. The molecule has 0 heterocycles. The minimum Gasteiger partial charge on any atom is -0.356 e. The summed E-state index contributed by atoms with van der Waals surface area (Å²) in [5.41, 5.74) is 4.40. The van der Waals surface area contributed by atoms with Crippen LogP contribution in [0.5, 0.6) is 0 Å². The van der Waals surface area contributed by atoms with Crippen LogP contribution in [0.3, 0.4) is 0 Å². The molecule has 0 fully saturated rings. The van der Waals surface area contributed by atoms with E-state index in [0.717, 1.165) is 24.5 Å². The summed E-state index contributed by atoms with van der Waals surface area (Å²) in [6.07, 6.45) is 0.955. The first kappa shape index (κ1) is 26.4. The number of hydrogen-bond donors (Lipinski definition) is 2. The smallest absolute Gasteiger partial charge is 0.253 e. The van der Waals surface area contributed by atoms with E-state index in [-0.39, 0.29) is 29.9 Å². The van der Waals surface area contributed by atoms with Gasteiger partial charge in [-0.3, -0.25) is 9.79 Å². The van der Waals surface area contributed by atoms with Crippen LogP contribution in [0.25, 0.3) is 0 Å². The van der Waals surface area contributed by atoms with Gasteiger partial charge in [-0.1, -0.05) is 72.8 Å². The summed E-state index contributed by atoms with van der Waals surface area (Å²) < 4.78 is 0. The van der Waals surface area contributed by atoms with Gasteiger partial charge in [0.1, 0.15) is 0 Å². The van der Waals surface area contributed by atoms with Crippen molar-refractivity contribution in [2.24, 2.45) is 4.99 Å². The number of carbonyl (C=O) groups excluding carboxylic acids is 1. The number of halogens is 1. The molecular weight excluding hydrogens is 523 g/mol. The van der Waals surface area contributed by atoms with Gasteiger partial charge in [-0.25, -0.2) is 0 Å². The van der Waals surface area contributed by atoms with E-state index in [1.54, 1.807) is 26.0 Å². The Labute approximate surface area is 214 Å². The maximum absolute atomic E-state index is 12.0. The van der Waals surface area contributed by atoms with E-state index in [4.69, 9.17) is 0 Å². The lowest BCUT2D eigenvalue weighted by Gasteiger charge is -2.20. The summed E-state index contributed by atoms with van der Waals surface area (Å²) in [6.45, 7) is 1.40. The zero-order chi connectivity index (χ0) is 22.8. The second-order valence-electron chi connectivity index (χ2n) is 8.00. The monoisotopic (exact) mass is 556 g/mol. The zero-order valence-corrected chi connectivity index (χ0v) is 21.8. The van der Waals surface area contributed by atoms with E-state index >= 15 is 0 Å². The van der Waals surface area contributed by atoms with Gasteiger partial charge in [-0.2, -0.15) is 0 Å². The molecule has 3 aromatic rings. The molecule has 0 bridgehead atoms. The van der Waals surface area contributed by atoms with Crippen LogP contribution in [-0.4, -0.2) is 44.5 Å². The summed E-state index contributed by atoms with van der Waals surface area (Å²) in [4.78, 5) is 18.0. The fourth-order valence-electron chi connectivity index (χ4n) is 3.58. The van der Waals surface area contributed by atoms with Crippen molar-refractivity contribution in [1.29, 1.82) is 0 Å². The molecule has 0 aliphatic heterocycles. The molecule has 0 aromatic heterocycles. The molecule has 0 saturated heterocycles. The van der Waals surface area contributed by atoms with Gasteiger partial charge >= 0.3 is 0 Å². The van der Waals surface area contributed by atoms with Crippen molar-refractivity contribution in [2.75, 3.05) is 27.7 Å². The van der Waals surface area contributed by atoms with Gasteiger partial charge in [0.25, 0.3) is 5.91 Å². The Kier molecular flexibility index (Phi) is 10.9. The second-order valence-corrected chi connectivity index (χ2v) is 8.00. The normalized spacial score (nSPS) is 11.8. The highest BCUT2D eigenvalue weighted by molar-refractivity contribution is 14.0. The van der Waals surface area contributed by atoms with Gasteiger partial charge in [-0.05, 0) is 35.2 Å². The summed E-state index contributed by atoms with van der Waals surface area (Å²) in [7, 11) is 5.30. The molecule has 0 spiro atoms. The highest BCUT2D eigenvalue weighted by Crippen LogP contribution is 2.20. The lowest BCUT2D eigenvalue weighted by Crippen LogP contribution is -2.39. The first-order valence-electron chi connectivity index (χ1n) is 10.9. The molecule has 0 aliphatic carbocycles. The number of guanidine groups is 1. The summed E-state index contributed by atoms with van der Waals surface area (Å²) in [6, 6.07) is 28.8. The Hall–Kier alpha value is -2.87. The highest BCUT2D eigenvalue weighted by atomic mass is 127. The van der Waals surface area contributed by atoms with Crippen molar-refractivity contribution in [3.63, 3.8) is 0 Å². The molecule has 6 heteroatoms. The minimum atomic E-state index is 0. The van der Waals surface area contributed by atoms with E-state index in [9.17, 15) is 4.79 Å². The van der Waals surface area contributed by atoms with Crippen molar-refractivity contribution >= 4 is 35.8 Å². The number of nitrogens with zero attached hydrogens (tertiary/aromatic N) is 2. The maximum Gasteiger partial charge on any atom is 0.253 e. The summed E-state index contributed by atoms with van der Waals surface area (Å²) >= 11 is 0. The molecule has 2 N–H and O–H groups in total. The van der Waals surface area contributed by atoms with Crippen LogP contribution in [0.15, 0.2) is 89.9 Å². The Bertz CT molecular complexity index is 1010. The summed E-state index contributed by atoms with van der Waals surface area (Å²) in [5, 5.41) is 6.85. The van der Waals surface area contributed by atoms with Crippen molar-refractivity contribution in [2.45, 2.75) is 18.9 Å². The predicted octanol–water partition coefficient (Wildman–Crippen LogP) is 4.70. The molecule has 0 aliphatic rings. The van der Waals surface area contributed by atoms with E-state index in [0.29, 0.717) is 18.0 Å². The number of benzene rings is 3. The van der Waals surface area contributed by atoms with E-state index in [1.165, 1.54) is 11.1 Å². The Morgan fingerprint density at radius 3 is 2.03 bits per heavy atom. The molecule has 3 aromatic carbocycles. The number of nitrogens with one attached hydrogen (secondary N) is 2. The van der Waals surface area contributed by atoms with Gasteiger partial charge in [0.05, 0.1) is 0 Å². The predicted molar refractivity (Wildman–Crippen MR) is 147 cm³/mol. The zero-order valence-electron chi connectivity index (χ0n) is 19.5. The molecule has 33 heavy (non-hydrogen) atoms. The quantitative estimate of drug-likeness (QED) is 0.241. The minimum absolute atomic E-state index is 0. The van der Waals surface area contributed by atoms with Crippen LogP contribution in [0.1, 0.15) is 33.0 Å². The fraction of sp³-hybridized carbons (Fsp3) is 0.259. The Morgan fingerprint density at radius 1 is 0.848 bits per heavy atom. The average molecular weight is 556 g/mol. The lowest BCUT2D eigenvalue weighted by atomic mass is 9.92. The standard InChI is InChI=1S/C27H32N4O.HI/c1-28-27(29-19-22-14-16-24(17-15-22)26(32)31(2)3)30-20-25(23-12-8-5-9-13-23)18-21-10-6-4-7-11-21;/h4-17,25H,18-20H2,1-3H3,(H2,28,29,30);1H. The van der Waals surface area contributed by atoms with Crippen LogP contribution in [0.2, 0.25) is 0 Å². The fourth-order valence-corrected chi connectivity index (χ4v) is 3.58. The van der Waals surface area contributed by atoms with E-state index in [1.807, 2.05) is 36.4 Å². The van der Waals surface area contributed by atoms with Crippen LogP contribution in [-0.2, 0) is 13.0 Å². The number of amides is 1. The SMILES string of the molecule is CN=C(NCc1ccc(C(=O)N(C)C)cc1)NCC(Cc1ccccc1)c1ccccc1.I.